The van der Waals surface area contributed by atoms with Crippen LogP contribution in [0.4, 0.5) is 4.79 Å². The van der Waals surface area contributed by atoms with Crippen molar-refractivity contribution in [1.29, 1.82) is 0 Å². The zero-order valence-corrected chi connectivity index (χ0v) is 38.5. The Balaban J connectivity index is 1.39. The lowest BCUT2D eigenvalue weighted by Crippen LogP contribution is -2.81. The zero-order valence-electron chi connectivity index (χ0n) is 38.5. The minimum Gasteiger partial charge on any atom is -0.467 e. The first-order valence-corrected chi connectivity index (χ1v) is 22.6. The number of ketones is 1. The van der Waals surface area contributed by atoms with Crippen molar-refractivity contribution < 1.29 is 72.1 Å². The van der Waals surface area contributed by atoms with E-state index in [0.717, 1.165) is 0 Å². The molecule has 2 aromatic rings. The Morgan fingerprint density at radius 3 is 2.31 bits per heavy atom. The molecule has 0 spiro atoms. The number of hydrogen-bond donors (Lipinski definition) is 4. The number of amides is 1. The van der Waals surface area contributed by atoms with Crippen LogP contribution in [0.15, 0.2) is 64.3 Å². The van der Waals surface area contributed by atoms with Crippen LogP contribution in [-0.4, -0.2) is 137 Å². The van der Waals surface area contributed by atoms with E-state index < -0.39 is 112 Å². The van der Waals surface area contributed by atoms with Crippen LogP contribution in [0.1, 0.15) is 103 Å². The van der Waals surface area contributed by atoms with Gasteiger partial charge in [0.05, 0.1) is 49.1 Å². The third-order valence-electron chi connectivity index (χ3n) is 14.5. The molecule has 65 heavy (non-hydrogen) atoms. The second-order valence-corrected chi connectivity index (χ2v) is 19.8. The molecule has 11 atom stereocenters. The second-order valence-electron chi connectivity index (χ2n) is 19.8. The molecule has 2 bridgehead atoms. The van der Waals surface area contributed by atoms with E-state index in [2.05, 4.69) is 10.2 Å². The van der Waals surface area contributed by atoms with Gasteiger partial charge >= 0.3 is 24.0 Å². The van der Waals surface area contributed by atoms with Crippen molar-refractivity contribution in [3.05, 3.63) is 71.2 Å². The van der Waals surface area contributed by atoms with Gasteiger partial charge in [0.2, 0.25) is 0 Å². The largest absolute Gasteiger partial charge is 0.467 e. The van der Waals surface area contributed by atoms with Gasteiger partial charge in [0.1, 0.15) is 47.1 Å². The maximum atomic E-state index is 16.1. The van der Waals surface area contributed by atoms with Crippen molar-refractivity contribution in [2.24, 2.45) is 22.7 Å². The number of carbonyl (C=O) groups is 5. The van der Waals surface area contributed by atoms with Gasteiger partial charge in [0.15, 0.2) is 11.7 Å². The molecule has 1 aromatic heterocycles. The Bertz CT molecular complexity index is 2130. The molecule has 5 aliphatic rings. The lowest BCUT2D eigenvalue weighted by molar-refractivity contribution is -0.346. The predicted octanol–water partition coefficient (Wildman–Crippen LogP) is 4.22. The number of nitrogens with one attached hydrogen (secondary N) is 1. The van der Waals surface area contributed by atoms with Crippen molar-refractivity contribution in [3.8, 4) is 0 Å². The van der Waals surface area contributed by atoms with Crippen molar-refractivity contribution in [2.45, 2.75) is 134 Å². The van der Waals surface area contributed by atoms with Gasteiger partial charge in [-0.1, -0.05) is 39.0 Å². The van der Waals surface area contributed by atoms with Crippen LogP contribution in [0.5, 0.6) is 0 Å². The van der Waals surface area contributed by atoms with Crippen molar-refractivity contribution in [1.82, 2.24) is 10.2 Å². The van der Waals surface area contributed by atoms with E-state index in [4.69, 9.17) is 32.8 Å². The van der Waals surface area contributed by atoms with Crippen LogP contribution in [0.25, 0.3) is 0 Å². The summed E-state index contributed by atoms with van der Waals surface area (Å²) in [6, 6.07) is 9.57. The second kappa shape index (κ2) is 18.2. The van der Waals surface area contributed by atoms with Crippen LogP contribution >= 0.6 is 0 Å². The Labute approximate surface area is 379 Å². The summed E-state index contributed by atoms with van der Waals surface area (Å²) in [5, 5.41) is 40.5. The molecule has 356 valence electrons. The molecular formula is C48H64N2O15. The number of hydrogen-bond acceptors (Lipinski definition) is 16. The maximum absolute atomic E-state index is 16.1. The first-order chi connectivity index (χ1) is 30.6. The number of Topliss-reactive ketones (excluding diaryl/α,β-unsaturated/α-hetero) is 1. The van der Waals surface area contributed by atoms with E-state index in [1.54, 1.807) is 73.6 Å². The molecular weight excluding hydrogens is 845 g/mol. The summed E-state index contributed by atoms with van der Waals surface area (Å²) in [6.07, 6.45) is -7.50. The number of alkyl carbamates (subject to hydrolysis) is 1. The van der Waals surface area contributed by atoms with E-state index >= 15 is 4.79 Å². The van der Waals surface area contributed by atoms with Crippen molar-refractivity contribution >= 4 is 29.8 Å². The predicted molar refractivity (Wildman–Crippen MR) is 230 cm³/mol. The van der Waals surface area contributed by atoms with E-state index in [-0.39, 0.29) is 37.2 Å². The van der Waals surface area contributed by atoms with Gasteiger partial charge < -0.3 is 53.5 Å². The maximum Gasteiger partial charge on any atom is 0.408 e. The molecule has 2 saturated heterocycles. The zero-order chi connectivity index (χ0) is 47.3. The summed E-state index contributed by atoms with van der Waals surface area (Å²) in [4.78, 5) is 73.6. The first-order valence-electron chi connectivity index (χ1n) is 22.6. The molecule has 0 radical (unpaired) electrons. The highest BCUT2D eigenvalue weighted by Crippen LogP contribution is 2.65. The Morgan fingerprint density at radius 2 is 1.71 bits per heavy atom. The van der Waals surface area contributed by atoms with Gasteiger partial charge in [-0.3, -0.25) is 14.5 Å². The van der Waals surface area contributed by atoms with Gasteiger partial charge in [-0.15, -0.1) is 0 Å². The summed E-state index contributed by atoms with van der Waals surface area (Å²) < 4.78 is 41.7. The van der Waals surface area contributed by atoms with E-state index in [1.165, 1.54) is 30.5 Å². The normalized spacial score (nSPS) is 33.1. The summed E-state index contributed by atoms with van der Waals surface area (Å²) in [5.74, 6) is -5.53. The monoisotopic (exact) mass is 908 g/mol. The summed E-state index contributed by atoms with van der Waals surface area (Å²) in [5.41, 5.74) is -7.14. The number of carbonyl (C=O) groups excluding carboxylic acids is 5. The van der Waals surface area contributed by atoms with E-state index in [1.807, 2.05) is 0 Å². The third-order valence-corrected chi connectivity index (χ3v) is 14.5. The number of aliphatic hydroxyl groups excluding tert-OH is 2. The number of rotatable bonds is 12. The average Bonchev–Trinajstić information content (AvgIpc) is 3.80. The van der Waals surface area contributed by atoms with Crippen LogP contribution in [0, 0.1) is 22.7 Å². The number of esters is 3. The molecule has 3 aliphatic carbocycles. The van der Waals surface area contributed by atoms with Gasteiger partial charge in [0.25, 0.3) is 0 Å². The average molecular weight is 909 g/mol. The summed E-state index contributed by atoms with van der Waals surface area (Å²) in [7, 11) is 0. The Kier molecular flexibility index (Phi) is 13.5. The smallest absolute Gasteiger partial charge is 0.408 e. The highest BCUT2D eigenvalue weighted by Gasteiger charge is 2.78. The molecule has 2 saturated carbocycles. The van der Waals surface area contributed by atoms with Gasteiger partial charge in [-0.25, -0.2) is 14.4 Å². The quantitative estimate of drug-likeness (QED) is 0.133. The number of ether oxygens (including phenoxy) is 6. The molecule has 4 N–H and O–H groups in total. The van der Waals surface area contributed by atoms with E-state index in [9.17, 15) is 34.5 Å². The van der Waals surface area contributed by atoms with Crippen LogP contribution in [0.3, 0.4) is 0 Å². The van der Waals surface area contributed by atoms with Crippen LogP contribution < -0.4 is 5.32 Å². The highest BCUT2D eigenvalue weighted by molar-refractivity contribution is 5.93. The van der Waals surface area contributed by atoms with Gasteiger partial charge in [-0.2, -0.15) is 0 Å². The van der Waals surface area contributed by atoms with Crippen molar-refractivity contribution in [2.75, 3.05) is 39.5 Å². The summed E-state index contributed by atoms with van der Waals surface area (Å²) >= 11 is 0. The minimum absolute atomic E-state index is 0.0185. The standard InChI is InChI=1S/C48H64N2O15/c1-9-34(52)64-47-26-61-33(47)24-32(51)46(8)38(47)40(63-41(55)28-14-11-10-12-15-28)48(58)25-31(27(2)35(45(48,6)7)29(39(46)54)17-18-50-19-22-59-23-20-50)62-42(56)37(53)36(30-16-13-21-60-30)49-43(57)65-44(3,4)5/h10-16,21,29,31-33,36-38,40,51,53,58H,9,17-20,22-26H2,1-8H3,(H,49,57)/t29?,31-,32-,33+,36-,37+,38-,40-,46+,47-,48+/m0/s1. The molecule has 1 unspecified atom stereocenters. The summed E-state index contributed by atoms with van der Waals surface area (Å²) in [6.45, 7) is 15.8. The molecule has 1 aromatic carbocycles. The molecule has 1 amide bonds. The van der Waals surface area contributed by atoms with Crippen molar-refractivity contribution in [3.63, 3.8) is 0 Å². The fourth-order valence-electron chi connectivity index (χ4n) is 11.0. The number of nitrogens with zero attached hydrogens (tertiary/aromatic N) is 1. The molecule has 7 rings (SSSR count). The minimum atomic E-state index is -2.25. The van der Waals surface area contributed by atoms with Gasteiger partial charge in [0, 0.05) is 43.7 Å². The van der Waals surface area contributed by atoms with E-state index in [0.29, 0.717) is 44.0 Å². The molecule has 4 fully saturated rings. The lowest BCUT2D eigenvalue weighted by atomic mass is 9.43. The van der Waals surface area contributed by atoms with Gasteiger partial charge in [-0.05, 0) is 83.0 Å². The number of morpholine rings is 1. The SMILES string of the molecule is CCC(=O)O[C@@]12CO[C@@H]1C[C@H](O)[C@@]1(C)C(=O)C(CCN3CCOCC3)C3=C(C)[C@@H](OC(=O)[C@H](O)[C@@H](NC(=O)OC(C)(C)C)c4ccco4)C[C@@](O)([C@@H](OC(=O)c4ccccc4)[C@H]21)C3(C)C. The fourth-order valence-corrected chi connectivity index (χ4v) is 11.0. The third kappa shape index (κ3) is 8.75. The first kappa shape index (κ1) is 48.3. The Morgan fingerprint density at radius 1 is 1.02 bits per heavy atom. The Hall–Kier alpha value is -4.65. The number of fused-ring (bicyclic) bond motifs is 5. The number of furan rings is 1. The lowest BCUT2D eigenvalue weighted by Gasteiger charge is -2.67. The molecule has 17 heteroatoms. The highest BCUT2D eigenvalue weighted by atomic mass is 16.6. The number of benzene rings is 1. The molecule has 3 heterocycles. The van der Waals surface area contributed by atoms with Crippen LogP contribution in [-0.2, 0) is 42.8 Å². The molecule has 2 aliphatic heterocycles. The molecule has 17 nitrogen and oxygen atoms in total. The fraction of sp³-hybridized carbons (Fsp3) is 0.646. The van der Waals surface area contributed by atoms with Crippen LogP contribution in [0.2, 0.25) is 0 Å². The number of aliphatic hydroxyl groups is 3. The topological polar surface area (TPSA) is 230 Å².